The quantitative estimate of drug-likeness (QED) is 0.820. The van der Waals surface area contributed by atoms with Gasteiger partial charge in [-0.15, -0.1) is 0 Å². The Morgan fingerprint density at radius 1 is 1.18 bits per heavy atom. The fourth-order valence-corrected chi connectivity index (χ4v) is 3.36. The second-order valence-electron chi connectivity index (χ2n) is 6.97. The lowest BCUT2D eigenvalue weighted by molar-refractivity contribution is -0.0792. The molecule has 2 aliphatic rings. The molecule has 1 saturated carbocycles. The molecule has 0 aromatic carbocycles. The molecule has 0 spiro atoms. The van der Waals surface area contributed by atoms with Crippen molar-refractivity contribution in [1.29, 1.82) is 0 Å². The minimum Gasteiger partial charge on any atom is -0.368 e. The van der Waals surface area contributed by atoms with Gasteiger partial charge in [-0.3, -0.25) is 0 Å². The summed E-state index contributed by atoms with van der Waals surface area (Å²) in [6.45, 7) is 9.65. The molecule has 17 heavy (non-hydrogen) atoms. The summed E-state index contributed by atoms with van der Waals surface area (Å²) in [5.74, 6) is 0.420. The van der Waals surface area contributed by atoms with Crippen LogP contribution in [0.5, 0.6) is 0 Å². The fourth-order valence-electron chi connectivity index (χ4n) is 3.36. The topological polar surface area (TPSA) is 38.5 Å². The molecule has 0 radical (unpaired) electrons. The van der Waals surface area contributed by atoms with Gasteiger partial charge in [-0.05, 0) is 47.6 Å². The van der Waals surface area contributed by atoms with Crippen LogP contribution in [0.3, 0.4) is 0 Å². The zero-order valence-electron chi connectivity index (χ0n) is 12.0. The summed E-state index contributed by atoms with van der Waals surface area (Å²) in [4.78, 5) is 2.49. The van der Waals surface area contributed by atoms with Crippen LogP contribution in [0.4, 0.5) is 0 Å². The monoisotopic (exact) mass is 240 g/mol. The SMILES string of the molecule is CN(CC1C(N)C(C)(C)OC1(C)C)C1CCC1. The Morgan fingerprint density at radius 3 is 2.12 bits per heavy atom. The highest BCUT2D eigenvalue weighted by Crippen LogP contribution is 2.42. The number of hydrogen-bond donors (Lipinski definition) is 1. The molecule has 2 atom stereocenters. The number of nitrogens with zero attached hydrogens (tertiary/aromatic N) is 1. The van der Waals surface area contributed by atoms with Crippen molar-refractivity contribution < 1.29 is 4.74 Å². The maximum atomic E-state index is 6.39. The van der Waals surface area contributed by atoms with Crippen LogP contribution in [0, 0.1) is 5.92 Å². The van der Waals surface area contributed by atoms with Gasteiger partial charge in [0.1, 0.15) is 0 Å². The summed E-state index contributed by atoms with van der Waals surface area (Å²) in [5, 5.41) is 0. The summed E-state index contributed by atoms with van der Waals surface area (Å²) in [6, 6.07) is 0.904. The first-order valence-electron chi connectivity index (χ1n) is 6.90. The Hall–Kier alpha value is -0.120. The molecule has 1 aliphatic carbocycles. The Bertz CT molecular complexity index is 284. The summed E-state index contributed by atoms with van der Waals surface area (Å²) < 4.78 is 6.14. The maximum Gasteiger partial charge on any atom is 0.0788 e. The maximum absolute atomic E-state index is 6.39. The van der Waals surface area contributed by atoms with Crippen molar-refractivity contribution in [2.45, 2.75) is 70.2 Å². The van der Waals surface area contributed by atoms with Gasteiger partial charge in [-0.25, -0.2) is 0 Å². The first-order valence-corrected chi connectivity index (χ1v) is 6.90. The van der Waals surface area contributed by atoms with E-state index in [1.165, 1.54) is 19.3 Å². The van der Waals surface area contributed by atoms with Crippen LogP contribution in [0.2, 0.25) is 0 Å². The molecule has 100 valence electrons. The van der Waals surface area contributed by atoms with Crippen molar-refractivity contribution in [3.8, 4) is 0 Å². The minimum atomic E-state index is -0.200. The molecule has 0 amide bonds. The van der Waals surface area contributed by atoms with Crippen molar-refractivity contribution in [2.24, 2.45) is 11.7 Å². The van der Waals surface area contributed by atoms with E-state index in [4.69, 9.17) is 10.5 Å². The van der Waals surface area contributed by atoms with Crippen molar-refractivity contribution >= 4 is 0 Å². The van der Waals surface area contributed by atoms with Crippen molar-refractivity contribution in [1.82, 2.24) is 4.90 Å². The molecule has 3 heteroatoms. The highest BCUT2D eigenvalue weighted by molar-refractivity contribution is 5.05. The van der Waals surface area contributed by atoms with E-state index in [2.05, 4.69) is 39.6 Å². The van der Waals surface area contributed by atoms with Gasteiger partial charge in [-0.1, -0.05) is 6.42 Å². The van der Waals surface area contributed by atoms with Crippen molar-refractivity contribution in [3.05, 3.63) is 0 Å². The smallest absolute Gasteiger partial charge is 0.0788 e. The van der Waals surface area contributed by atoms with Crippen LogP contribution in [-0.4, -0.2) is 41.8 Å². The highest BCUT2D eigenvalue weighted by Gasteiger charge is 2.52. The van der Waals surface area contributed by atoms with Crippen LogP contribution in [0.25, 0.3) is 0 Å². The Kier molecular flexibility index (Phi) is 3.30. The van der Waals surface area contributed by atoms with Gasteiger partial charge in [0.25, 0.3) is 0 Å². The predicted molar refractivity (Wildman–Crippen MR) is 71.0 cm³/mol. The van der Waals surface area contributed by atoms with Gasteiger partial charge >= 0.3 is 0 Å². The second-order valence-corrected chi connectivity index (χ2v) is 6.97. The highest BCUT2D eigenvalue weighted by atomic mass is 16.5. The number of nitrogens with two attached hydrogens (primary N) is 1. The lowest BCUT2D eigenvalue weighted by Gasteiger charge is -2.39. The van der Waals surface area contributed by atoms with Crippen LogP contribution in [0.15, 0.2) is 0 Å². The second kappa shape index (κ2) is 4.22. The van der Waals surface area contributed by atoms with E-state index in [9.17, 15) is 0 Å². The zero-order chi connectivity index (χ0) is 12.8. The molecule has 2 unspecified atom stereocenters. The molecule has 0 aromatic rings. The molecule has 0 bridgehead atoms. The molecule has 1 heterocycles. The third kappa shape index (κ3) is 2.38. The van der Waals surface area contributed by atoms with E-state index < -0.39 is 0 Å². The van der Waals surface area contributed by atoms with E-state index in [1.807, 2.05) is 0 Å². The van der Waals surface area contributed by atoms with E-state index in [0.717, 1.165) is 12.6 Å². The molecule has 2 rings (SSSR count). The molecule has 2 N–H and O–H groups in total. The molecule has 1 saturated heterocycles. The minimum absolute atomic E-state index is 0.110. The molecular weight excluding hydrogens is 212 g/mol. The third-order valence-electron chi connectivity index (χ3n) is 4.84. The number of rotatable bonds is 3. The summed E-state index contributed by atoms with van der Waals surface area (Å²) in [7, 11) is 2.23. The Balaban J connectivity index is 2.03. The molecule has 2 fully saturated rings. The van der Waals surface area contributed by atoms with Gasteiger partial charge in [0.15, 0.2) is 0 Å². The number of ether oxygens (including phenoxy) is 1. The van der Waals surface area contributed by atoms with Crippen LogP contribution >= 0.6 is 0 Å². The van der Waals surface area contributed by atoms with E-state index in [0.29, 0.717) is 5.92 Å². The first-order chi connectivity index (χ1) is 7.74. The van der Waals surface area contributed by atoms with Gasteiger partial charge < -0.3 is 15.4 Å². The first kappa shape index (κ1) is 13.3. The summed E-state index contributed by atoms with van der Waals surface area (Å²) in [5.41, 5.74) is 6.08. The standard InChI is InChI=1S/C14H28N2O/c1-13(2)11(12(15)14(3,4)17-13)9-16(5)10-7-6-8-10/h10-12H,6-9,15H2,1-5H3. The zero-order valence-corrected chi connectivity index (χ0v) is 12.0. The predicted octanol–water partition coefficient (Wildman–Crippen LogP) is 2.00. The van der Waals surface area contributed by atoms with Gasteiger partial charge in [-0.2, -0.15) is 0 Å². The lowest BCUT2D eigenvalue weighted by atomic mass is 9.81. The van der Waals surface area contributed by atoms with Gasteiger partial charge in [0, 0.05) is 24.5 Å². The largest absolute Gasteiger partial charge is 0.368 e. The third-order valence-corrected chi connectivity index (χ3v) is 4.84. The normalized spacial score (nSPS) is 36.2. The lowest BCUT2D eigenvalue weighted by Crippen LogP contribution is -2.50. The summed E-state index contributed by atoms with van der Waals surface area (Å²) in [6.07, 6.45) is 4.09. The van der Waals surface area contributed by atoms with E-state index in [1.54, 1.807) is 0 Å². The summed E-state index contributed by atoms with van der Waals surface area (Å²) >= 11 is 0. The van der Waals surface area contributed by atoms with Crippen LogP contribution in [0.1, 0.15) is 47.0 Å². The van der Waals surface area contributed by atoms with Crippen molar-refractivity contribution in [3.63, 3.8) is 0 Å². The fraction of sp³-hybridized carbons (Fsp3) is 1.00. The molecule has 3 nitrogen and oxygen atoms in total. The Labute approximate surface area is 106 Å². The molecular formula is C14H28N2O. The van der Waals surface area contributed by atoms with Crippen LogP contribution < -0.4 is 5.73 Å². The van der Waals surface area contributed by atoms with Gasteiger partial charge in [0.2, 0.25) is 0 Å². The van der Waals surface area contributed by atoms with Crippen LogP contribution in [-0.2, 0) is 4.74 Å². The van der Waals surface area contributed by atoms with Gasteiger partial charge in [0.05, 0.1) is 11.2 Å². The molecule has 0 aromatic heterocycles. The Morgan fingerprint density at radius 2 is 1.76 bits per heavy atom. The average Bonchev–Trinajstić information content (AvgIpc) is 2.20. The average molecular weight is 240 g/mol. The number of hydrogen-bond acceptors (Lipinski definition) is 3. The van der Waals surface area contributed by atoms with E-state index in [-0.39, 0.29) is 17.2 Å². The van der Waals surface area contributed by atoms with Crippen molar-refractivity contribution in [2.75, 3.05) is 13.6 Å². The molecule has 1 aliphatic heterocycles. The van der Waals surface area contributed by atoms with E-state index >= 15 is 0 Å².